The Morgan fingerprint density at radius 3 is 2.46 bits per heavy atom. The Kier molecular flexibility index (Phi) is 2.97. The zero-order valence-electron chi connectivity index (χ0n) is 7.06. The molecule has 1 rings (SSSR count). The minimum Gasteiger partial charge on any atom is -0.448 e. The van der Waals surface area contributed by atoms with Crippen LogP contribution in [0.3, 0.4) is 0 Å². The summed E-state index contributed by atoms with van der Waals surface area (Å²) in [5, 5.41) is 0. The molecule has 2 unspecified atom stereocenters. The third kappa shape index (κ3) is 2.52. The van der Waals surface area contributed by atoms with Crippen LogP contribution in [-0.2, 0) is 19.1 Å². The lowest BCUT2D eigenvalue weighted by atomic mass is 10.2. The van der Waals surface area contributed by atoms with E-state index in [1.54, 1.807) is 0 Å². The van der Waals surface area contributed by atoms with Crippen molar-refractivity contribution >= 4 is 11.8 Å². The van der Waals surface area contributed by atoms with E-state index >= 15 is 0 Å². The summed E-state index contributed by atoms with van der Waals surface area (Å²) in [6.07, 6.45) is 0.950. The minimum atomic E-state index is -0.858. The van der Waals surface area contributed by atoms with Crippen LogP contribution >= 0.6 is 0 Å². The monoisotopic (exact) mass is 182 g/mol. The van der Waals surface area contributed by atoms with Crippen LogP contribution in [-0.4, -0.2) is 30.6 Å². The summed E-state index contributed by atoms with van der Waals surface area (Å²) in [6.45, 7) is 6.97. The van der Waals surface area contributed by atoms with Crippen molar-refractivity contribution in [3.05, 3.63) is 25.3 Å². The highest BCUT2D eigenvalue weighted by molar-refractivity contribution is 5.96. The number of hydrogen-bond acceptors (Lipinski definition) is 4. The number of ketones is 1. The summed E-state index contributed by atoms with van der Waals surface area (Å²) in [4.78, 5) is 21.9. The highest BCUT2D eigenvalue weighted by Gasteiger charge is 2.39. The average Bonchev–Trinajstić information content (AvgIpc) is 2.95. The molecule has 0 aromatic carbocycles. The molecule has 1 fully saturated rings. The highest BCUT2D eigenvalue weighted by atomic mass is 16.6. The van der Waals surface area contributed by atoms with Crippen molar-refractivity contribution < 1.29 is 19.1 Å². The second-order valence-corrected chi connectivity index (χ2v) is 2.54. The van der Waals surface area contributed by atoms with Gasteiger partial charge in [-0.3, -0.25) is 4.79 Å². The number of carbonyl (C=O) groups excluding carboxylic acids is 2. The van der Waals surface area contributed by atoms with Crippen LogP contribution < -0.4 is 0 Å². The molecule has 0 saturated carbocycles. The summed E-state index contributed by atoms with van der Waals surface area (Å²) in [6, 6.07) is 0. The van der Waals surface area contributed by atoms with Crippen LogP contribution in [0.4, 0.5) is 0 Å². The van der Waals surface area contributed by atoms with Crippen LogP contribution in [0.15, 0.2) is 25.3 Å². The molecule has 0 radical (unpaired) electrons. The first-order valence-corrected chi connectivity index (χ1v) is 3.80. The summed E-state index contributed by atoms with van der Waals surface area (Å²) in [5.41, 5.74) is 0. The normalized spacial score (nSPS) is 21.4. The zero-order chi connectivity index (χ0) is 9.84. The van der Waals surface area contributed by atoms with Gasteiger partial charge in [0.15, 0.2) is 11.9 Å². The number of ether oxygens (including phenoxy) is 2. The molecule has 13 heavy (non-hydrogen) atoms. The SMILES string of the molecule is C=CC(=O)OC(C(=O)C=C)C1CO1. The smallest absolute Gasteiger partial charge is 0.330 e. The molecule has 0 bridgehead atoms. The van der Waals surface area contributed by atoms with E-state index in [1.807, 2.05) is 0 Å². The second kappa shape index (κ2) is 4.00. The van der Waals surface area contributed by atoms with Gasteiger partial charge in [-0.1, -0.05) is 13.2 Å². The lowest BCUT2D eigenvalue weighted by Gasteiger charge is -2.10. The van der Waals surface area contributed by atoms with Gasteiger partial charge in [-0.05, 0) is 6.08 Å². The van der Waals surface area contributed by atoms with E-state index in [-0.39, 0.29) is 11.9 Å². The zero-order valence-corrected chi connectivity index (χ0v) is 7.06. The number of epoxide rings is 1. The molecule has 1 saturated heterocycles. The van der Waals surface area contributed by atoms with Crippen LogP contribution in [0.25, 0.3) is 0 Å². The summed E-state index contributed by atoms with van der Waals surface area (Å²) >= 11 is 0. The molecule has 0 N–H and O–H groups in total. The maximum atomic E-state index is 11.1. The van der Waals surface area contributed by atoms with Crippen molar-refractivity contribution in [1.29, 1.82) is 0 Å². The van der Waals surface area contributed by atoms with Gasteiger partial charge in [-0.15, -0.1) is 0 Å². The predicted molar refractivity (Wildman–Crippen MR) is 45.0 cm³/mol. The number of esters is 1. The third-order valence-corrected chi connectivity index (χ3v) is 1.59. The third-order valence-electron chi connectivity index (χ3n) is 1.59. The maximum Gasteiger partial charge on any atom is 0.330 e. The first-order chi connectivity index (χ1) is 6.19. The number of hydrogen-bond donors (Lipinski definition) is 0. The number of carbonyl (C=O) groups is 2. The topological polar surface area (TPSA) is 55.9 Å². The van der Waals surface area contributed by atoms with Gasteiger partial charge < -0.3 is 9.47 Å². The fraction of sp³-hybridized carbons (Fsp3) is 0.333. The lowest BCUT2D eigenvalue weighted by Crippen LogP contribution is -2.30. The molecular weight excluding hydrogens is 172 g/mol. The molecule has 1 aliphatic rings. The first kappa shape index (κ1) is 9.67. The summed E-state index contributed by atoms with van der Waals surface area (Å²) < 4.78 is 9.63. The van der Waals surface area contributed by atoms with Crippen molar-refractivity contribution in [1.82, 2.24) is 0 Å². The predicted octanol–water partition coefficient (Wildman–Crippen LogP) is 0.238. The van der Waals surface area contributed by atoms with Crippen LogP contribution in [0.2, 0.25) is 0 Å². The Hall–Kier alpha value is -1.42. The molecule has 1 aliphatic heterocycles. The lowest BCUT2D eigenvalue weighted by molar-refractivity contribution is -0.149. The van der Waals surface area contributed by atoms with Gasteiger partial charge in [0.05, 0.1) is 6.61 Å². The van der Waals surface area contributed by atoms with Gasteiger partial charge >= 0.3 is 5.97 Å². The van der Waals surface area contributed by atoms with Gasteiger partial charge in [-0.25, -0.2) is 4.79 Å². The summed E-state index contributed by atoms with van der Waals surface area (Å²) in [5.74, 6) is -0.978. The van der Waals surface area contributed by atoms with Gasteiger partial charge in [0.25, 0.3) is 0 Å². The van der Waals surface area contributed by atoms with Crippen molar-refractivity contribution in [3.63, 3.8) is 0 Å². The molecule has 0 aromatic heterocycles. The molecule has 0 spiro atoms. The van der Waals surface area contributed by atoms with E-state index in [0.717, 1.165) is 12.2 Å². The summed E-state index contributed by atoms with van der Waals surface area (Å²) in [7, 11) is 0. The van der Waals surface area contributed by atoms with Gasteiger partial charge in [-0.2, -0.15) is 0 Å². The van der Waals surface area contributed by atoms with Crippen molar-refractivity contribution in [2.24, 2.45) is 0 Å². The van der Waals surface area contributed by atoms with Crippen molar-refractivity contribution in [3.8, 4) is 0 Å². The molecule has 4 heteroatoms. The molecule has 4 nitrogen and oxygen atoms in total. The van der Waals surface area contributed by atoms with Gasteiger partial charge in [0, 0.05) is 6.08 Å². The minimum absolute atomic E-state index is 0.311. The van der Waals surface area contributed by atoms with E-state index in [4.69, 9.17) is 9.47 Å². The van der Waals surface area contributed by atoms with E-state index in [0.29, 0.717) is 6.61 Å². The molecule has 0 aliphatic carbocycles. The Morgan fingerprint density at radius 1 is 1.46 bits per heavy atom. The molecule has 2 atom stereocenters. The molecule has 1 heterocycles. The van der Waals surface area contributed by atoms with Gasteiger partial charge in [0.1, 0.15) is 6.10 Å². The number of rotatable bonds is 5. The van der Waals surface area contributed by atoms with Gasteiger partial charge in [0.2, 0.25) is 0 Å². The Bertz CT molecular complexity index is 252. The van der Waals surface area contributed by atoms with E-state index in [2.05, 4.69) is 13.2 Å². The first-order valence-electron chi connectivity index (χ1n) is 3.80. The van der Waals surface area contributed by atoms with Crippen LogP contribution in [0.1, 0.15) is 0 Å². The fourth-order valence-electron chi connectivity index (χ4n) is 0.837. The Labute approximate surface area is 75.8 Å². The average molecular weight is 182 g/mol. The molecule has 0 aromatic rings. The molecule has 0 amide bonds. The van der Waals surface area contributed by atoms with Crippen LogP contribution in [0.5, 0.6) is 0 Å². The largest absolute Gasteiger partial charge is 0.448 e. The van der Waals surface area contributed by atoms with E-state index < -0.39 is 12.1 Å². The Morgan fingerprint density at radius 2 is 2.08 bits per heavy atom. The van der Waals surface area contributed by atoms with E-state index in [1.165, 1.54) is 0 Å². The highest BCUT2D eigenvalue weighted by Crippen LogP contribution is 2.18. The quantitative estimate of drug-likeness (QED) is 0.347. The molecule has 70 valence electrons. The van der Waals surface area contributed by atoms with E-state index in [9.17, 15) is 9.59 Å². The maximum absolute atomic E-state index is 11.1. The Balaban J connectivity index is 2.56. The second-order valence-electron chi connectivity index (χ2n) is 2.54. The van der Waals surface area contributed by atoms with Crippen molar-refractivity contribution in [2.75, 3.05) is 6.61 Å². The van der Waals surface area contributed by atoms with Crippen molar-refractivity contribution in [2.45, 2.75) is 12.2 Å². The molecular formula is C9H10O4. The standard InChI is InChI=1S/C9H10O4/c1-3-6(10)9(7-5-12-7)13-8(11)4-2/h3-4,7,9H,1-2,5H2. The van der Waals surface area contributed by atoms with Crippen LogP contribution in [0, 0.1) is 0 Å². The fourth-order valence-corrected chi connectivity index (χ4v) is 0.837.